The third-order valence-corrected chi connectivity index (χ3v) is 3.72. The van der Waals surface area contributed by atoms with Crippen LogP contribution < -0.4 is 10.1 Å². The van der Waals surface area contributed by atoms with Gasteiger partial charge in [0.25, 0.3) is 0 Å². The fourth-order valence-corrected chi connectivity index (χ4v) is 2.41. The number of hydrogen-bond donors (Lipinski definition) is 2. The van der Waals surface area contributed by atoms with E-state index in [0.29, 0.717) is 13.1 Å². The number of rotatable bonds is 5. The maximum absolute atomic E-state index is 12.1. The number of ether oxygens (including phenoxy) is 1. The first-order chi connectivity index (χ1) is 9.60. The summed E-state index contributed by atoms with van der Waals surface area (Å²) in [7, 11) is 1.62. The van der Waals surface area contributed by atoms with Crippen molar-refractivity contribution in [3.63, 3.8) is 0 Å². The second kappa shape index (κ2) is 6.72. The molecule has 0 spiro atoms. The van der Waals surface area contributed by atoms with Gasteiger partial charge in [0.05, 0.1) is 19.3 Å². The predicted octanol–water partition coefficient (Wildman–Crippen LogP) is 0.766. The molecule has 110 valence electrons. The van der Waals surface area contributed by atoms with E-state index in [9.17, 15) is 9.90 Å². The molecule has 0 radical (unpaired) electrons. The van der Waals surface area contributed by atoms with E-state index in [0.717, 1.165) is 24.3 Å². The van der Waals surface area contributed by atoms with Crippen molar-refractivity contribution in [2.24, 2.45) is 0 Å². The minimum atomic E-state index is -0.302. The first-order valence-corrected chi connectivity index (χ1v) is 6.93. The number of aliphatic hydroxyl groups excluding tert-OH is 1. The number of amides is 1. The number of nitrogens with one attached hydrogen (secondary N) is 1. The van der Waals surface area contributed by atoms with Crippen LogP contribution >= 0.6 is 0 Å². The van der Waals surface area contributed by atoms with Gasteiger partial charge in [-0.3, -0.25) is 9.69 Å². The number of nitrogens with zero attached hydrogens (tertiary/aromatic N) is 1. The van der Waals surface area contributed by atoms with E-state index in [1.54, 1.807) is 7.11 Å². The predicted molar refractivity (Wildman–Crippen MR) is 76.5 cm³/mol. The number of likely N-dealkylation sites (tertiary alicyclic amines) is 1. The van der Waals surface area contributed by atoms with Crippen LogP contribution in [0.15, 0.2) is 24.3 Å². The molecule has 2 N–H and O–H groups in total. The number of aliphatic hydroxyl groups is 1. The number of carbonyl (C=O) groups excluding carboxylic acids is 1. The molecule has 2 rings (SSSR count). The van der Waals surface area contributed by atoms with Crippen LogP contribution in [0.1, 0.15) is 18.9 Å². The maximum Gasteiger partial charge on any atom is 0.237 e. The monoisotopic (exact) mass is 278 g/mol. The van der Waals surface area contributed by atoms with Gasteiger partial charge in [-0.1, -0.05) is 12.1 Å². The van der Waals surface area contributed by atoms with E-state index in [2.05, 4.69) is 5.32 Å². The molecule has 1 heterocycles. The topological polar surface area (TPSA) is 61.8 Å². The molecule has 5 heteroatoms. The Morgan fingerprint density at radius 2 is 2.40 bits per heavy atom. The first-order valence-electron chi connectivity index (χ1n) is 6.93. The van der Waals surface area contributed by atoms with Crippen LogP contribution in [0.25, 0.3) is 0 Å². The largest absolute Gasteiger partial charge is 0.497 e. The van der Waals surface area contributed by atoms with Gasteiger partial charge in [0.15, 0.2) is 0 Å². The lowest BCUT2D eigenvalue weighted by Crippen LogP contribution is -2.44. The smallest absolute Gasteiger partial charge is 0.237 e. The number of hydrogen-bond acceptors (Lipinski definition) is 4. The number of methoxy groups -OCH3 is 1. The Kier molecular flexibility index (Phi) is 4.98. The standard InChI is InChI=1S/C15H22N2O3/c1-11(17-7-6-13(18)10-17)15(19)16-9-12-4-3-5-14(8-12)20-2/h3-5,8,11,13,18H,6-7,9-10H2,1-2H3,(H,16,19)/t11?,13-/m0/s1. The lowest BCUT2D eigenvalue weighted by molar-refractivity contribution is -0.125. The molecule has 0 aliphatic carbocycles. The Balaban J connectivity index is 1.85. The SMILES string of the molecule is COc1cccc(CNC(=O)C(C)N2CC[C@H](O)C2)c1. The highest BCUT2D eigenvalue weighted by Crippen LogP contribution is 2.14. The van der Waals surface area contributed by atoms with Crippen LogP contribution in [0.4, 0.5) is 0 Å². The summed E-state index contributed by atoms with van der Waals surface area (Å²) >= 11 is 0. The molecule has 1 saturated heterocycles. The third-order valence-electron chi connectivity index (χ3n) is 3.72. The highest BCUT2D eigenvalue weighted by atomic mass is 16.5. The van der Waals surface area contributed by atoms with Gasteiger partial charge in [-0.25, -0.2) is 0 Å². The van der Waals surface area contributed by atoms with Gasteiger partial charge < -0.3 is 15.2 Å². The molecule has 20 heavy (non-hydrogen) atoms. The van der Waals surface area contributed by atoms with Crippen LogP contribution in [0.3, 0.4) is 0 Å². The van der Waals surface area contributed by atoms with Crippen molar-refractivity contribution >= 4 is 5.91 Å². The lowest BCUT2D eigenvalue weighted by atomic mass is 10.2. The van der Waals surface area contributed by atoms with Crippen molar-refractivity contribution in [2.75, 3.05) is 20.2 Å². The van der Waals surface area contributed by atoms with Gasteiger partial charge in [-0.15, -0.1) is 0 Å². The zero-order valence-corrected chi connectivity index (χ0v) is 12.0. The van der Waals surface area contributed by atoms with Crippen LogP contribution in [0.2, 0.25) is 0 Å². The Morgan fingerprint density at radius 3 is 3.05 bits per heavy atom. The van der Waals surface area contributed by atoms with Crippen molar-refractivity contribution in [3.8, 4) is 5.75 Å². The molecule has 2 atom stereocenters. The summed E-state index contributed by atoms with van der Waals surface area (Å²) in [6, 6.07) is 7.43. The van der Waals surface area contributed by atoms with E-state index in [-0.39, 0.29) is 18.1 Å². The average molecular weight is 278 g/mol. The Bertz CT molecular complexity index is 464. The second-order valence-electron chi connectivity index (χ2n) is 5.18. The summed E-state index contributed by atoms with van der Waals surface area (Å²) in [5.74, 6) is 0.773. The van der Waals surface area contributed by atoms with Crippen LogP contribution in [0.5, 0.6) is 5.75 Å². The molecule has 1 aliphatic rings. The van der Waals surface area contributed by atoms with Gasteiger partial charge in [0.2, 0.25) is 5.91 Å². The normalized spacial score (nSPS) is 20.6. The molecule has 1 amide bonds. The molecule has 1 aromatic rings. The van der Waals surface area contributed by atoms with E-state index in [4.69, 9.17) is 4.74 Å². The highest BCUT2D eigenvalue weighted by Gasteiger charge is 2.28. The number of carbonyl (C=O) groups is 1. The Morgan fingerprint density at radius 1 is 1.60 bits per heavy atom. The molecule has 0 bridgehead atoms. The summed E-state index contributed by atoms with van der Waals surface area (Å²) < 4.78 is 5.15. The van der Waals surface area contributed by atoms with Crippen LogP contribution in [-0.4, -0.2) is 48.3 Å². The minimum Gasteiger partial charge on any atom is -0.497 e. The summed E-state index contributed by atoms with van der Waals surface area (Å²) in [5, 5.41) is 12.4. The molecule has 1 aliphatic heterocycles. The molecule has 1 fully saturated rings. The zero-order chi connectivity index (χ0) is 14.5. The molecule has 0 saturated carbocycles. The summed E-state index contributed by atoms with van der Waals surface area (Å²) in [5.41, 5.74) is 1.01. The van der Waals surface area contributed by atoms with Gasteiger partial charge in [-0.05, 0) is 31.0 Å². The van der Waals surface area contributed by atoms with Crippen molar-refractivity contribution in [1.82, 2.24) is 10.2 Å². The Hall–Kier alpha value is -1.59. The quantitative estimate of drug-likeness (QED) is 0.835. The Labute approximate surface area is 119 Å². The summed E-state index contributed by atoms with van der Waals surface area (Å²) in [6.07, 6.45) is 0.441. The molecule has 5 nitrogen and oxygen atoms in total. The number of benzene rings is 1. The second-order valence-corrected chi connectivity index (χ2v) is 5.18. The van der Waals surface area contributed by atoms with Gasteiger partial charge in [0.1, 0.15) is 5.75 Å². The first kappa shape index (κ1) is 14.8. The maximum atomic E-state index is 12.1. The van der Waals surface area contributed by atoms with Gasteiger partial charge in [0, 0.05) is 19.6 Å². The fraction of sp³-hybridized carbons (Fsp3) is 0.533. The molecular weight excluding hydrogens is 256 g/mol. The molecule has 1 aromatic carbocycles. The molecular formula is C15H22N2O3. The fourth-order valence-electron chi connectivity index (χ4n) is 2.41. The zero-order valence-electron chi connectivity index (χ0n) is 12.0. The van der Waals surface area contributed by atoms with Crippen molar-refractivity contribution in [1.29, 1.82) is 0 Å². The van der Waals surface area contributed by atoms with Crippen LogP contribution in [-0.2, 0) is 11.3 Å². The average Bonchev–Trinajstić information content (AvgIpc) is 2.90. The van der Waals surface area contributed by atoms with E-state index < -0.39 is 0 Å². The molecule has 0 aromatic heterocycles. The summed E-state index contributed by atoms with van der Waals surface area (Å²) in [6.45, 7) is 3.71. The van der Waals surface area contributed by atoms with Crippen LogP contribution in [0, 0.1) is 0 Å². The number of β-amino-alcohol motifs (C(OH)–C–C–N with tert-alkyl or cyclic N) is 1. The summed E-state index contributed by atoms with van der Waals surface area (Å²) in [4.78, 5) is 14.1. The third kappa shape index (κ3) is 3.71. The minimum absolute atomic E-state index is 0.0121. The van der Waals surface area contributed by atoms with E-state index in [1.807, 2.05) is 36.1 Å². The van der Waals surface area contributed by atoms with Crippen molar-refractivity contribution in [3.05, 3.63) is 29.8 Å². The van der Waals surface area contributed by atoms with Gasteiger partial charge in [-0.2, -0.15) is 0 Å². The molecule has 1 unspecified atom stereocenters. The highest BCUT2D eigenvalue weighted by molar-refractivity contribution is 5.81. The van der Waals surface area contributed by atoms with E-state index >= 15 is 0 Å². The van der Waals surface area contributed by atoms with E-state index in [1.165, 1.54) is 0 Å². The van der Waals surface area contributed by atoms with Crippen molar-refractivity contribution in [2.45, 2.75) is 32.0 Å². The van der Waals surface area contributed by atoms with Crippen molar-refractivity contribution < 1.29 is 14.6 Å². The lowest BCUT2D eigenvalue weighted by Gasteiger charge is -2.22. The van der Waals surface area contributed by atoms with Gasteiger partial charge >= 0.3 is 0 Å².